The lowest BCUT2D eigenvalue weighted by Crippen LogP contribution is -2.37. The summed E-state index contributed by atoms with van der Waals surface area (Å²) in [5.41, 5.74) is 2.43. The van der Waals surface area contributed by atoms with E-state index < -0.39 is 17.7 Å². The number of ketones is 1. The second-order valence-corrected chi connectivity index (χ2v) is 8.81. The van der Waals surface area contributed by atoms with Crippen LogP contribution in [0, 0.1) is 6.92 Å². The highest BCUT2D eigenvalue weighted by Crippen LogP contribution is 2.41. The van der Waals surface area contributed by atoms with Crippen LogP contribution in [0.25, 0.3) is 5.76 Å². The number of hydrogen-bond donors (Lipinski definition) is 1. The standard InChI is InChI=1S/C26H28N2O5/c1-17-4-6-18(7-5-17)23-22(24(29)19-8-9-20-21(16-19)33-15-14-32-20)25(30)26(31)28(23)13-12-27-10-2-3-11-27/h4-9,16,23,29H,2-3,10-15H2,1H3/b24-22+. The first-order chi connectivity index (χ1) is 16.0. The second kappa shape index (κ2) is 8.90. The van der Waals surface area contributed by atoms with Crippen molar-refractivity contribution < 1.29 is 24.2 Å². The molecular weight excluding hydrogens is 420 g/mol. The Morgan fingerprint density at radius 1 is 0.970 bits per heavy atom. The summed E-state index contributed by atoms with van der Waals surface area (Å²) in [7, 11) is 0. The number of amides is 1. The van der Waals surface area contributed by atoms with Crippen LogP contribution in [0.1, 0.15) is 35.6 Å². The number of carbonyl (C=O) groups excluding carboxylic acids is 2. The van der Waals surface area contributed by atoms with Gasteiger partial charge in [0.2, 0.25) is 0 Å². The van der Waals surface area contributed by atoms with Crippen LogP contribution >= 0.6 is 0 Å². The summed E-state index contributed by atoms with van der Waals surface area (Å²) >= 11 is 0. The number of likely N-dealkylation sites (tertiary alicyclic amines) is 2. The maximum Gasteiger partial charge on any atom is 0.295 e. The average molecular weight is 449 g/mol. The number of aryl methyl sites for hydroxylation is 1. The van der Waals surface area contributed by atoms with Crippen molar-refractivity contribution in [3.8, 4) is 11.5 Å². The predicted molar refractivity (Wildman–Crippen MR) is 123 cm³/mol. The van der Waals surface area contributed by atoms with Crippen molar-refractivity contribution in [2.45, 2.75) is 25.8 Å². The molecule has 3 aliphatic heterocycles. The maximum atomic E-state index is 13.2. The quantitative estimate of drug-likeness (QED) is 0.430. The molecule has 2 aromatic rings. The Morgan fingerprint density at radius 3 is 2.39 bits per heavy atom. The molecule has 0 spiro atoms. The van der Waals surface area contributed by atoms with Gasteiger partial charge >= 0.3 is 0 Å². The van der Waals surface area contributed by atoms with E-state index >= 15 is 0 Å². The van der Waals surface area contributed by atoms with Crippen LogP contribution in [0.4, 0.5) is 0 Å². The average Bonchev–Trinajstić information content (AvgIpc) is 3.44. The van der Waals surface area contributed by atoms with Gasteiger partial charge in [-0.3, -0.25) is 9.59 Å². The monoisotopic (exact) mass is 448 g/mol. The third-order valence-corrected chi connectivity index (χ3v) is 6.60. The molecule has 33 heavy (non-hydrogen) atoms. The summed E-state index contributed by atoms with van der Waals surface area (Å²) in [5, 5.41) is 11.3. The van der Waals surface area contributed by atoms with Gasteiger partial charge in [-0.2, -0.15) is 0 Å². The van der Waals surface area contributed by atoms with Crippen LogP contribution in [0.15, 0.2) is 48.0 Å². The van der Waals surface area contributed by atoms with Crippen LogP contribution in [-0.2, 0) is 9.59 Å². The summed E-state index contributed by atoms with van der Waals surface area (Å²) in [4.78, 5) is 30.2. The summed E-state index contributed by atoms with van der Waals surface area (Å²) < 4.78 is 11.2. The number of Topliss-reactive ketones (excluding diaryl/α,β-unsaturated/α-hetero) is 1. The molecule has 0 aromatic heterocycles. The van der Waals surface area contributed by atoms with Crippen LogP contribution in [0.3, 0.4) is 0 Å². The zero-order valence-electron chi connectivity index (χ0n) is 18.8. The fraction of sp³-hybridized carbons (Fsp3) is 0.385. The van der Waals surface area contributed by atoms with E-state index in [1.54, 1.807) is 23.1 Å². The lowest BCUT2D eigenvalue weighted by molar-refractivity contribution is -0.140. The van der Waals surface area contributed by atoms with E-state index in [9.17, 15) is 14.7 Å². The molecule has 172 valence electrons. The second-order valence-electron chi connectivity index (χ2n) is 8.81. The molecule has 1 unspecified atom stereocenters. The fourth-order valence-electron chi connectivity index (χ4n) is 4.81. The Balaban J connectivity index is 1.55. The fourth-order valence-corrected chi connectivity index (χ4v) is 4.81. The van der Waals surface area contributed by atoms with E-state index in [0.717, 1.165) is 37.1 Å². The van der Waals surface area contributed by atoms with Crippen molar-refractivity contribution in [2.75, 3.05) is 39.4 Å². The Hall–Kier alpha value is -3.32. The van der Waals surface area contributed by atoms with E-state index in [2.05, 4.69) is 4.90 Å². The van der Waals surface area contributed by atoms with E-state index in [4.69, 9.17) is 9.47 Å². The van der Waals surface area contributed by atoms with Gasteiger partial charge in [-0.15, -0.1) is 0 Å². The summed E-state index contributed by atoms with van der Waals surface area (Å²) in [6, 6.07) is 12.2. The topological polar surface area (TPSA) is 79.3 Å². The first kappa shape index (κ1) is 21.5. The number of ether oxygens (including phenoxy) is 2. The smallest absolute Gasteiger partial charge is 0.295 e. The molecular formula is C26H28N2O5. The Kier molecular flexibility index (Phi) is 5.81. The molecule has 3 heterocycles. The van der Waals surface area contributed by atoms with E-state index in [0.29, 0.717) is 43.4 Å². The number of rotatable bonds is 5. The van der Waals surface area contributed by atoms with Gasteiger partial charge in [-0.1, -0.05) is 29.8 Å². The normalized spacial score (nSPS) is 22.2. The first-order valence-corrected chi connectivity index (χ1v) is 11.5. The summed E-state index contributed by atoms with van der Waals surface area (Å²) in [6.07, 6.45) is 2.31. The van der Waals surface area contributed by atoms with Crippen molar-refractivity contribution in [3.63, 3.8) is 0 Å². The number of aliphatic hydroxyl groups excluding tert-OH is 1. The molecule has 1 atom stereocenters. The van der Waals surface area contributed by atoms with Gasteiger partial charge in [-0.25, -0.2) is 0 Å². The van der Waals surface area contributed by atoms with Gasteiger partial charge in [0.25, 0.3) is 11.7 Å². The summed E-state index contributed by atoms with van der Waals surface area (Å²) in [6.45, 7) is 6.03. The van der Waals surface area contributed by atoms with Gasteiger partial charge < -0.3 is 24.4 Å². The lowest BCUT2D eigenvalue weighted by Gasteiger charge is -2.27. The zero-order valence-corrected chi connectivity index (χ0v) is 18.8. The molecule has 0 bridgehead atoms. The molecule has 5 rings (SSSR count). The number of nitrogens with zero attached hydrogens (tertiary/aromatic N) is 2. The molecule has 2 aromatic carbocycles. The first-order valence-electron chi connectivity index (χ1n) is 11.5. The molecule has 2 saturated heterocycles. The van der Waals surface area contributed by atoms with Gasteiger partial charge in [0, 0.05) is 18.7 Å². The minimum atomic E-state index is -0.658. The van der Waals surface area contributed by atoms with Crippen molar-refractivity contribution in [2.24, 2.45) is 0 Å². The molecule has 7 nitrogen and oxygen atoms in total. The zero-order chi connectivity index (χ0) is 22.9. The minimum absolute atomic E-state index is 0.113. The van der Waals surface area contributed by atoms with Crippen molar-refractivity contribution in [3.05, 3.63) is 64.7 Å². The number of hydrogen-bond acceptors (Lipinski definition) is 6. The lowest BCUT2D eigenvalue weighted by atomic mass is 9.94. The van der Waals surface area contributed by atoms with E-state index in [1.807, 2.05) is 31.2 Å². The van der Waals surface area contributed by atoms with Crippen LogP contribution in [0.5, 0.6) is 11.5 Å². The van der Waals surface area contributed by atoms with E-state index in [1.165, 1.54) is 0 Å². The van der Waals surface area contributed by atoms with Crippen LogP contribution in [-0.4, -0.2) is 66.0 Å². The predicted octanol–water partition coefficient (Wildman–Crippen LogP) is 3.28. The number of aliphatic hydroxyl groups is 1. The molecule has 7 heteroatoms. The largest absolute Gasteiger partial charge is 0.507 e. The van der Waals surface area contributed by atoms with Gasteiger partial charge in [0.05, 0.1) is 11.6 Å². The molecule has 0 aliphatic carbocycles. The molecule has 0 saturated carbocycles. The van der Waals surface area contributed by atoms with Gasteiger partial charge in [0.1, 0.15) is 19.0 Å². The highest BCUT2D eigenvalue weighted by atomic mass is 16.6. The van der Waals surface area contributed by atoms with Crippen molar-refractivity contribution >= 4 is 17.4 Å². The van der Waals surface area contributed by atoms with Crippen molar-refractivity contribution in [1.29, 1.82) is 0 Å². The third-order valence-electron chi connectivity index (χ3n) is 6.60. The SMILES string of the molecule is Cc1ccc(C2/C(=C(\O)c3ccc4c(c3)OCCO4)C(=O)C(=O)N2CCN2CCCC2)cc1. The minimum Gasteiger partial charge on any atom is -0.507 e. The Bertz CT molecular complexity index is 1100. The van der Waals surface area contributed by atoms with Crippen molar-refractivity contribution in [1.82, 2.24) is 9.80 Å². The third kappa shape index (κ3) is 4.09. The van der Waals surface area contributed by atoms with Gasteiger partial charge in [-0.05, 0) is 56.6 Å². The Morgan fingerprint density at radius 2 is 1.67 bits per heavy atom. The van der Waals surface area contributed by atoms with Crippen LogP contribution < -0.4 is 9.47 Å². The van der Waals surface area contributed by atoms with E-state index in [-0.39, 0.29) is 11.3 Å². The number of benzene rings is 2. The summed E-state index contributed by atoms with van der Waals surface area (Å²) in [5.74, 6) is -0.313. The van der Waals surface area contributed by atoms with Crippen LogP contribution in [0.2, 0.25) is 0 Å². The molecule has 1 N–H and O–H groups in total. The number of fused-ring (bicyclic) bond motifs is 1. The molecule has 2 fully saturated rings. The molecule has 1 amide bonds. The molecule has 0 radical (unpaired) electrons. The Labute approximate surface area is 193 Å². The maximum absolute atomic E-state index is 13.2. The highest BCUT2D eigenvalue weighted by Gasteiger charge is 2.46. The number of carbonyl (C=O) groups is 2. The highest BCUT2D eigenvalue weighted by molar-refractivity contribution is 6.46. The molecule has 3 aliphatic rings. The van der Waals surface area contributed by atoms with Gasteiger partial charge in [0.15, 0.2) is 11.5 Å².